The molecule has 1 aromatic heterocycles. The summed E-state index contributed by atoms with van der Waals surface area (Å²) in [5.41, 5.74) is 0.444. The van der Waals surface area contributed by atoms with Crippen molar-refractivity contribution in [3.05, 3.63) is 51.9 Å². The first-order chi connectivity index (χ1) is 11.6. The van der Waals surface area contributed by atoms with E-state index in [-0.39, 0.29) is 17.9 Å². The molecule has 0 aliphatic carbocycles. The Kier molecular flexibility index (Phi) is 4.71. The Morgan fingerprint density at radius 2 is 2.12 bits per heavy atom. The van der Waals surface area contributed by atoms with Crippen LogP contribution in [0.3, 0.4) is 0 Å². The number of esters is 1. The van der Waals surface area contributed by atoms with Gasteiger partial charge in [0.25, 0.3) is 5.69 Å². The Morgan fingerprint density at radius 3 is 2.79 bits per heavy atom. The number of ether oxygens (including phenoxy) is 2. The number of nitro groups is 1. The molecule has 1 saturated heterocycles. The van der Waals surface area contributed by atoms with Gasteiger partial charge in [0.1, 0.15) is 5.69 Å². The monoisotopic (exact) mass is 333 g/mol. The fraction of sp³-hybridized carbons (Fsp3) is 0.333. The largest absolute Gasteiger partial charge is 0.454 e. The molecular weight excluding hydrogens is 318 g/mol. The van der Waals surface area contributed by atoms with Gasteiger partial charge in [-0.05, 0) is 12.1 Å². The fourth-order valence-electron chi connectivity index (χ4n) is 2.40. The average Bonchev–Trinajstić information content (AvgIpc) is 3.13. The molecule has 1 aromatic carbocycles. The smallest absolute Gasteiger partial charge is 0.338 e. The van der Waals surface area contributed by atoms with E-state index in [0.717, 1.165) is 0 Å². The normalized spacial score (nSPS) is 14.4. The molecule has 0 N–H and O–H groups in total. The lowest BCUT2D eigenvalue weighted by atomic mass is 10.1. The number of nitrogens with zero attached hydrogens (tertiary/aromatic N) is 3. The van der Waals surface area contributed by atoms with E-state index < -0.39 is 10.9 Å². The van der Waals surface area contributed by atoms with Crippen LogP contribution in [0.2, 0.25) is 0 Å². The summed E-state index contributed by atoms with van der Waals surface area (Å²) >= 11 is 0. The van der Waals surface area contributed by atoms with Crippen LogP contribution < -0.4 is 4.90 Å². The molecule has 1 aliphatic rings. The van der Waals surface area contributed by atoms with E-state index in [1.807, 2.05) is 4.90 Å². The third kappa shape index (κ3) is 3.51. The maximum absolute atomic E-state index is 12.1. The minimum Gasteiger partial charge on any atom is -0.454 e. The number of morpholine rings is 1. The van der Waals surface area contributed by atoms with E-state index in [4.69, 9.17) is 14.0 Å². The molecule has 1 fully saturated rings. The summed E-state index contributed by atoms with van der Waals surface area (Å²) in [5.74, 6) is -0.272. The van der Waals surface area contributed by atoms with Crippen molar-refractivity contribution in [1.29, 1.82) is 0 Å². The predicted octanol–water partition coefficient (Wildman–Crippen LogP) is 1.78. The maximum atomic E-state index is 12.1. The van der Waals surface area contributed by atoms with Gasteiger partial charge in [-0.3, -0.25) is 10.1 Å². The first-order valence-corrected chi connectivity index (χ1v) is 7.33. The van der Waals surface area contributed by atoms with Gasteiger partial charge in [-0.15, -0.1) is 0 Å². The zero-order chi connectivity index (χ0) is 16.9. The van der Waals surface area contributed by atoms with Gasteiger partial charge in [-0.25, -0.2) is 4.79 Å². The second-order valence-corrected chi connectivity index (χ2v) is 5.11. The number of carbonyl (C=O) groups excluding carboxylic acids is 1. The lowest BCUT2D eigenvalue weighted by Crippen LogP contribution is -2.36. The molecule has 0 atom stereocenters. The van der Waals surface area contributed by atoms with Gasteiger partial charge >= 0.3 is 5.97 Å². The van der Waals surface area contributed by atoms with Crippen LogP contribution in [0.25, 0.3) is 0 Å². The summed E-state index contributed by atoms with van der Waals surface area (Å²) in [7, 11) is 0. The first-order valence-electron chi connectivity index (χ1n) is 7.33. The van der Waals surface area contributed by atoms with Gasteiger partial charge in [-0.1, -0.05) is 5.16 Å². The zero-order valence-corrected chi connectivity index (χ0v) is 12.7. The summed E-state index contributed by atoms with van der Waals surface area (Å²) in [4.78, 5) is 24.8. The molecule has 0 radical (unpaired) electrons. The molecule has 126 valence electrons. The highest BCUT2D eigenvalue weighted by Crippen LogP contribution is 2.30. The highest BCUT2D eigenvalue weighted by atomic mass is 16.6. The molecule has 1 aliphatic heterocycles. The van der Waals surface area contributed by atoms with E-state index in [0.29, 0.717) is 37.8 Å². The molecule has 0 amide bonds. The Bertz CT molecular complexity index is 725. The Balaban J connectivity index is 1.77. The van der Waals surface area contributed by atoms with Crippen LogP contribution in [-0.2, 0) is 16.1 Å². The number of aromatic nitrogens is 1. The van der Waals surface area contributed by atoms with Crippen molar-refractivity contribution in [2.45, 2.75) is 6.61 Å². The van der Waals surface area contributed by atoms with Crippen LogP contribution in [0.4, 0.5) is 11.4 Å². The van der Waals surface area contributed by atoms with E-state index >= 15 is 0 Å². The molecule has 2 heterocycles. The molecule has 0 saturated carbocycles. The number of anilines is 1. The summed E-state index contributed by atoms with van der Waals surface area (Å²) in [6, 6.07) is 5.87. The lowest BCUT2D eigenvalue weighted by molar-refractivity contribution is -0.384. The van der Waals surface area contributed by atoms with E-state index in [1.165, 1.54) is 18.3 Å². The predicted molar refractivity (Wildman–Crippen MR) is 81.8 cm³/mol. The maximum Gasteiger partial charge on any atom is 0.338 e. The van der Waals surface area contributed by atoms with Gasteiger partial charge in [0.05, 0.1) is 29.9 Å². The minimum atomic E-state index is -0.664. The Hall–Kier alpha value is -2.94. The highest BCUT2D eigenvalue weighted by Gasteiger charge is 2.23. The summed E-state index contributed by atoms with van der Waals surface area (Å²) in [6.07, 6.45) is 1.44. The Morgan fingerprint density at radius 1 is 1.33 bits per heavy atom. The van der Waals surface area contributed by atoms with Crippen LogP contribution in [0, 0.1) is 10.1 Å². The lowest BCUT2D eigenvalue weighted by Gasteiger charge is -2.28. The van der Waals surface area contributed by atoms with Crippen molar-refractivity contribution >= 4 is 17.3 Å². The molecule has 0 bridgehead atoms. The number of hydrogen-bond acceptors (Lipinski definition) is 8. The second-order valence-electron chi connectivity index (χ2n) is 5.11. The SMILES string of the molecule is O=C(OCc1ccno1)c1ccc(N2CCOCC2)c([N+](=O)[O-])c1. The van der Waals surface area contributed by atoms with Crippen molar-refractivity contribution in [3.63, 3.8) is 0 Å². The number of rotatable bonds is 5. The fourth-order valence-corrected chi connectivity index (χ4v) is 2.40. The minimum absolute atomic E-state index is 0.0855. The Labute approximate surface area is 136 Å². The molecule has 9 heteroatoms. The molecule has 3 rings (SSSR count). The first kappa shape index (κ1) is 15.9. The highest BCUT2D eigenvalue weighted by molar-refractivity contribution is 5.91. The van der Waals surface area contributed by atoms with Crippen LogP contribution in [0.15, 0.2) is 35.0 Å². The number of carbonyl (C=O) groups is 1. The zero-order valence-electron chi connectivity index (χ0n) is 12.7. The van der Waals surface area contributed by atoms with Gasteiger partial charge in [0, 0.05) is 25.2 Å². The number of nitro benzene ring substituents is 1. The van der Waals surface area contributed by atoms with Crippen LogP contribution in [-0.4, -0.2) is 42.4 Å². The average molecular weight is 333 g/mol. The van der Waals surface area contributed by atoms with E-state index in [2.05, 4.69) is 5.16 Å². The van der Waals surface area contributed by atoms with Gasteiger partial charge in [0.2, 0.25) is 0 Å². The van der Waals surface area contributed by atoms with Crippen LogP contribution >= 0.6 is 0 Å². The van der Waals surface area contributed by atoms with Crippen molar-refractivity contribution in [2.24, 2.45) is 0 Å². The molecule has 2 aromatic rings. The topological polar surface area (TPSA) is 108 Å². The van der Waals surface area contributed by atoms with Crippen LogP contribution in [0.1, 0.15) is 16.1 Å². The van der Waals surface area contributed by atoms with Crippen LogP contribution in [0.5, 0.6) is 0 Å². The molecule has 24 heavy (non-hydrogen) atoms. The quantitative estimate of drug-likeness (QED) is 0.463. The molecule has 9 nitrogen and oxygen atoms in total. The van der Waals surface area contributed by atoms with Gasteiger partial charge in [0.15, 0.2) is 12.4 Å². The third-order valence-electron chi connectivity index (χ3n) is 3.60. The van der Waals surface area contributed by atoms with Crippen molar-refractivity contribution in [3.8, 4) is 0 Å². The van der Waals surface area contributed by atoms with Crippen molar-refractivity contribution in [1.82, 2.24) is 5.16 Å². The number of benzene rings is 1. The van der Waals surface area contributed by atoms with Gasteiger partial charge < -0.3 is 18.9 Å². The standard InChI is InChI=1S/C15H15N3O6/c19-15(23-10-12-3-4-16-24-12)11-1-2-13(14(9-11)18(20)21)17-5-7-22-8-6-17/h1-4,9H,5-8,10H2. The third-order valence-corrected chi connectivity index (χ3v) is 3.60. The molecule has 0 spiro atoms. The molecular formula is C15H15N3O6. The van der Waals surface area contributed by atoms with Gasteiger partial charge in [-0.2, -0.15) is 0 Å². The van der Waals surface area contributed by atoms with E-state index in [9.17, 15) is 14.9 Å². The van der Waals surface area contributed by atoms with Crippen molar-refractivity contribution < 1.29 is 23.7 Å². The molecule has 0 unspecified atom stereocenters. The summed E-state index contributed by atoms with van der Waals surface area (Å²) in [6.45, 7) is 2.07. The van der Waals surface area contributed by atoms with Crippen molar-refractivity contribution in [2.75, 3.05) is 31.2 Å². The summed E-state index contributed by atoms with van der Waals surface area (Å²) < 4.78 is 15.1. The second kappa shape index (κ2) is 7.09. The van der Waals surface area contributed by atoms with E-state index in [1.54, 1.807) is 12.1 Å². The summed E-state index contributed by atoms with van der Waals surface area (Å²) in [5, 5.41) is 14.9. The number of hydrogen-bond donors (Lipinski definition) is 0.